The molecule has 14 heavy (non-hydrogen) atoms. The van der Waals surface area contributed by atoms with Crippen LogP contribution in [-0.4, -0.2) is 35.6 Å². The van der Waals surface area contributed by atoms with Crippen LogP contribution in [0.15, 0.2) is 0 Å². The number of hydrogen-bond donors (Lipinski definition) is 3. The van der Waals surface area contributed by atoms with Crippen LogP contribution in [0, 0.1) is 0 Å². The van der Waals surface area contributed by atoms with Crippen LogP contribution in [0.2, 0.25) is 0 Å². The molecule has 5 heteroatoms. The topological polar surface area (TPSA) is 78.4 Å². The van der Waals surface area contributed by atoms with Gasteiger partial charge in [0.1, 0.15) is 5.54 Å². The van der Waals surface area contributed by atoms with Crippen LogP contribution in [-0.2, 0) is 9.59 Å². The van der Waals surface area contributed by atoms with E-state index in [1.54, 1.807) is 0 Å². The zero-order valence-electron chi connectivity index (χ0n) is 8.30. The molecule has 0 atom stereocenters. The van der Waals surface area contributed by atoms with Gasteiger partial charge in [0.2, 0.25) is 5.91 Å². The van der Waals surface area contributed by atoms with Gasteiger partial charge in [-0.25, -0.2) is 0 Å². The largest absolute Gasteiger partial charge is 0.480 e. The number of carbonyl (C=O) groups excluding carboxylic acids is 1. The standard InChI is InChI=1S/C9H16N2O3/c1-7(12)10-5-6-11-9(8(13)14)3-2-4-9/h11H,2-6H2,1H3,(H,10,12)(H,13,14). The van der Waals surface area contributed by atoms with Crippen molar-refractivity contribution in [2.24, 2.45) is 0 Å². The number of carbonyl (C=O) groups is 2. The van der Waals surface area contributed by atoms with Crippen LogP contribution in [0.5, 0.6) is 0 Å². The van der Waals surface area contributed by atoms with Crippen molar-refractivity contribution in [3.8, 4) is 0 Å². The van der Waals surface area contributed by atoms with Crippen molar-refractivity contribution >= 4 is 11.9 Å². The van der Waals surface area contributed by atoms with E-state index in [1.807, 2.05) is 0 Å². The van der Waals surface area contributed by atoms with Gasteiger partial charge >= 0.3 is 5.97 Å². The molecule has 1 aliphatic carbocycles. The second-order valence-electron chi connectivity index (χ2n) is 3.65. The molecule has 0 unspecified atom stereocenters. The second-order valence-corrected chi connectivity index (χ2v) is 3.65. The van der Waals surface area contributed by atoms with Crippen molar-refractivity contribution in [2.75, 3.05) is 13.1 Å². The van der Waals surface area contributed by atoms with Crippen LogP contribution < -0.4 is 10.6 Å². The molecule has 1 fully saturated rings. The highest BCUT2D eigenvalue weighted by Crippen LogP contribution is 2.31. The van der Waals surface area contributed by atoms with E-state index in [2.05, 4.69) is 10.6 Å². The Morgan fingerprint density at radius 2 is 2.00 bits per heavy atom. The second kappa shape index (κ2) is 4.41. The van der Waals surface area contributed by atoms with E-state index in [0.29, 0.717) is 25.9 Å². The van der Waals surface area contributed by atoms with Crippen LogP contribution in [0.1, 0.15) is 26.2 Å². The monoisotopic (exact) mass is 200 g/mol. The summed E-state index contributed by atoms with van der Waals surface area (Å²) in [6.45, 7) is 2.42. The first-order chi connectivity index (χ1) is 6.57. The maximum Gasteiger partial charge on any atom is 0.323 e. The number of nitrogens with one attached hydrogen (secondary N) is 2. The van der Waals surface area contributed by atoms with Crippen molar-refractivity contribution < 1.29 is 14.7 Å². The molecular formula is C9H16N2O3. The maximum absolute atomic E-state index is 10.9. The van der Waals surface area contributed by atoms with Gasteiger partial charge in [-0.1, -0.05) is 0 Å². The van der Waals surface area contributed by atoms with Gasteiger partial charge in [0.25, 0.3) is 0 Å². The molecule has 0 aliphatic heterocycles. The van der Waals surface area contributed by atoms with Crippen molar-refractivity contribution in [1.29, 1.82) is 0 Å². The van der Waals surface area contributed by atoms with E-state index >= 15 is 0 Å². The Morgan fingerprint density at radius 1 is 1.36 bits per heavy atom. The van der Waals surface area contributed by atoms with Gasteiger partial charge in [-0.3, -0.25) is 9.59 Å². The molecule has 0 aromatic carbocycles. The summed E-state index contributed by atoms with van der Waals surface area (Å²) >= 11 is 0. The van der Waals surface area contributed by atoms with Gasteiger partial charge in [-0.2, -0.15) is 0 Å². The normalized spacial score (nSPS) is 18.4. The van der Waals surface area contributed by atoms with Crippen molar-refractivity contribution in [3.05, 3.63) is 0 Å². The predicted molar refractivity (Wildman–Crippen MR) is 50.9 cm³/mol. The van der Waals surface area contributed by atoms with Crippen molar-refractivity contribution in [1.82, 2.24) is 10.6 Å². The number of hydrogen-bond acceptors (Lipinski definition) is 3. The van der Waals surface area contributed by atoms with Gasteiger partial charge in [-0.05, 0) is 19.3 Å². The van der Waals surface area contributed by atoms with Crippen LogP contribution in [0.25, 0.3) is 0 Å². The van der Waals surface area contributed by atoms with Gasteiger partial charge < -0.3 is 15.7 Å². The van der Waals surface area contributed by atoms with Crippen LogP contribution in [0.3, 0.4) is 0 Å². The Balaban J connectivity index is 2.22. The average molecular weight is 200 g/mol. The molecule has 0 aromatic heterocycles. The highest BCUT2D eigenvalue weighted by atomic mass is 16.4. The molecular weight excluding hydrogens is 184 g/mol. The van der Waals surface area contributed by atoms with Gasteiger partial charge in [0.05, 0.1) is 0 Å². The number of amides is 1. The Morgan fingerprint density at radius 3 is 2.36 bits per heavy atom. The van der Waals surface area contributed by atoms with E-state index < -0.39 is 11.5 Å². The Kier molecular flexibility index (Phi) is 3.46. The molecule has 0 heterocycles. The molecule has 0 bridgehead atoms. The molecule has 80 valence electrons. The lowest BCUT2D eigenvalue weighted by Crippen LogP contribution is -2.58. The van der Waals surface area contributed by atoms with E-state index in [1.165, 1.54) is 6.92 Å². The highest BCUT2D eigenvalue weighted by molar-refractivity contribution is 5.80. The minimum atomic E-state index is -0.786. The average Bonchev–Trinajstić information content (AvgIpc) is 1.99. The predicted octanol–water partition coefficient (Wildman–Crippen LogP) is -0.281. The first-order valence-corrected chi connectivity index (χ1v) is 4.80. The van der Waals surface area contributed by atoms with E-state index in [4.69, 9.17) is 5.11 Å². The van der Waals surface area contributed by atoms with Gasteiger partial charge in [-0.15, -0.1) is 0 Å². The Hall–Kier alpha value is -1.10. The fourth-order valence-electron chi connectivity index (χ4n) is 1.54. The van der Waals surface area contributed by atoms with Gasteiger partial charge in [0.15, 0.2) is 0 Å². The molecule has 0 saturated heterocycles. The minimum Gasteiger partial charge on any atom is -0.480 e. The van der Waals surface area contributed by atoms with E-state index in [0.717, 1.165) is 6.42 Å². The lowest BCUT2D eigenvalue weighted by atomic mass is 9.77. The van der Waals surface area contributed by atoms with Crippen LogP contribution >= 0.6 is 0 Å². The molecule has 1 aliphatic rings. The molecule has 0 aromatic rings. The number of carboxylic acids is 1. The number of carboxylic acid groups (broad SMARTS) is 1. The molecule has 0 radical (unpaired) electrons. The summed E-state index contributed by atoms with van der Waals surface area (Å²) in [5.74, 6) is -0.878. The Labute approximate surface area is 82.9 Å². The summed E-state index contributed by atoms with van der Waals surface area (Å²) in [5, 5.41) is 14.5. The van der Waals surface area contributed by atoms with Crippen molar-refractivity contribution in [2.45, 2.75) is 31.7 Å². The highest BCUT2D eigenvalue weighted by Gasteiger charge is 2.43. The summed E-state index contributed by atoms with van der Waals surface area (Å²) in [5.41, 5.74) is -0.724. The summed E-state index contributed by atoms with van der Waals surface area (Å²) in [6, 6.07) is 0. The zero-order valence-corrected chi connectivity index (χ0v) is 8.30. The lowest BCUT2D eigenvalue weighted by molar-refractivity contribution is -0.148. The Bertz CT molecular complexity index is 236. The maximum atomic E-state index is 10.9. The third-order valence-corrected chi connectivity index (χ3v) is 2.58. The summed E-state index contributed by atoms with van der Waals surface area (Å²) in [7, 11) is 0. The smallest absolute Gasteiger partial charge is 0.323 e. The summed E-state index contributed by atoms with van der Waals surface area (Å²) < 4.78 is 0. The van der Waals surface area contributed by atoms with E-state index in [-0.39, 0.29) is 5.91 Å². The van der Waals surface area contributed by atoms with Crippen LogP contribution in [0.4, 0.5) is 0 Å². The fraction of sp³-hybridized carbons (Fsp3) is 0.778. The lowest BCUT2D eigenvalue weighted by Gasteiger charge is -2.38. The minimum absolute atomic E-state index is 0.0928. The molecule has 3 N–H and O–H groups in total. The summed E-state index contributed by atoms with van der Waals surface area (Å²) in [6.07, 6.45) is 2.32. The van der Waals surface area contributed by atoms with Gasteiger partial charge in [0, 0.05) is 20.0 Å². The molecule has 0 spiro atoms. The first-order valence-electron chi connectivity index (χ1n) is 4.80. The summed E-state index contributed by atoms with van der Waals surface area (Å²) in [4.78, 5) is 21.4. The van der Waals surface area contributed by atoms with Crippen molar-refractivity contribution in [3.63, 3.8) is 0 Å². The first kappa shape index (κ1) is 11.0. The number of aliphatic carboxylic acids is 1. The molecule has 5 nitrogen and oxygen atoms in total. The molecule has 1 amide bonds. The quantitative estimate of drug-likeness (QED) is 0.533. The third-order valence-electron chi connectivity index (χ3n) is 2.58. The SMILES string of the molecule is CC(=O)NCCNC1(C(=O)O)CCC1. The fourth-order valence-corrected chi connectivity index (χ4v) is 1.54. The third kappa shape index (κ3) is 2.45. The zero-order chi connectivity index (χ0) is 10.6. The molecule has 1 rings (SSSR count). The number of rotatable bonds is 5. The van der Waals surface area contributed by atoms with E-state index in [9.17, 15) is 9.59 Å². The molecule has 1 saturated carbocycles.